The molecule has 0 N–H and O–H groups in total. The van der Waals surface area contributed by atoms with E-state index in [0.717, 1.165) is 49.0 Å². The lowest BCUT2D eigenvalue weighted by Gasteiger charge is -2.28. The average molecular weight is 337 g/mol. The van der Waals surface area contributed by atoms with Gasteiger partial charge in [-0.2, -0.15) is 10.4 Å². The molecule has 2 aromatic rings. The monoisotopic (exact) mass is 337 g/mol. The lowest BCUT2D eigenvalue weighted by atomic mass is 9.85. The molecule has 1 saturated carbocycles. The maximum Gasteiger partial charge on any atom is 0.120 e. The fraction of sp³-hybridized carbons (Fsp3) is 0.524. The number of ether oxygens (including phenoxy) is 1. The summed E-state index contributed by atoms with van der Waals surface area (Å²) in [6, 6.07) is 10.6. The van der Waals surface area contributed by atoms with Gasteiger partial charge in [-0.25, -0.2) is 0 Å². The van der Waals surface area contributed by atoms with Crippen LogP contribution in [0.4, 0.5) is 0 Å². The van der Waals surface area contributed by atoms with Gasteiger partial charge in [-0.15, -0.1) is 0 Å². The van der Waals surface area contributed by atoms with Crippen LogP contribution in [0.1, 0.15) is 75.2 Å². The molecule has 3 rings (SSSR count). The highest BCUT2D eigenvalue weighted by molar-refractivity contribution is 5.42. The van der Waals surface area contributed by atoms with Crippen molar-refractivity contribution in [3.05, 3.63) is 47.3 Å². The summed E-state index contributed by atoms with van der Waals surface area (Å²) < 4.78 is 8.23. The zero-order valence-corrected chi connectivity index (χ0v) is 15.4. The van der Waals surface area contributed by atoms with E-state index in [0.29, 0.717) is 12.0 Å². The second-order valence-corrected chi connectivity index (χ2v) is 7.19. The van der Waals surface area contributed by atoms with Crippen LogP contribution in [0.2, 0.25) is 0 Å². The van der Waals surface area contributed by atoms with Gasteiger partial charge in [-0.05, 0) is 75.8 Å². The summed E-state index contributed by atoms with van der Waals surface area (Å²) >= 11 is 0. The second-order valence-electron chi connectivity index (χ2n) is 7.19. The van der Waals surface area contributed by atoms with E-state index in [1.807, 2.05) is 22.9 Å². The quantitative estimate of drug-likeness (QED) is 0.771. The van der Waals surface area contributed by atoms with Gasteiger partial charge >= 0.3 is 0 Å². The molecule has 0 saturated heterocycles. The number of hydrogen-bond donors (Lipinski definition) is 0. The molecule has 0 amide bonds. The summed E-state index contributed by atoms with van der Waals surface area (Å²) in [6.07, 6.45) is 7.56. The van der Waals surface area contributed by atoms with Crippen LogP contribution in [-0.2, 0) is 6.42 Å². The fourth-order valence-electron chi connectivity index (χ4n) is 3.57. The van der Waals surface area contributed by atoms with Crippen LogP contribution in [0.25, 0.3) is 0 Å². The van der Waals surface area contributed by atoms with Gasteiger partial charge in [0.25, 0.3) is 0 Å². The first kappa shape index (κ1) is 17.5. The standard InChI is InChI=1S/C21H27N3O/c1-4-16-13-20(10-7-18(16)14-22)25-19-8-5-17(6-9-19)21-11-12-24(23-21)15(2)3/h7,10-13,15,17,19H,4-6,8-9H2,1-3H3/t17-,19-. The first-order valence-electron chi connectivity index (χ1n) is 9.35. The van der Waals surface area contributed by atoms with Gasteiger partial charge in [-0.1, -0.05) is 6.92 Å². The molecule has 25 heavy (non-hydrogen) atoms. The van der Waals surface area contributed by atoms with E-state index in [2.05, 4.69) is 39.1 Å². The molecule has 4 nitrogen and oxygen atoms in total. The van der Waals surface area contributed by atoms with Crippen molar-refractivity contribution in [2.45, 2.75) is 70.9 Å². The Bertz CT molecular complexity index is 749. The van der Waals surface area contributed by atoms with Gasteiger partial charge in [0.2, 0.25) is 0 Å². The number of nitriles is 1. The van der Waals surface area contributed by atoms with E-state index >= 15 is 0 Å². The van der Waals surface area contributed by atoms with Crippen molar-refractivity contribution in [1.29, 1.82) is 5.26 Å². The van der Waals surface area contributed by atoms with Crippen molar-refractivity contribution < 1.29 is 4.74 Å². The Kier molecular flexibility index (Phi) is 5.43. The number of benzene rings is 1. The largest absolute Gasteiger partial charge is 0.490 e. The van der Waals surface area contributed by atoms with Crippen molar-refractivity contribution in [3.8, 4) is 11.8 Å². The van der Waals surface area contributed by atoms with Gasteiger partial charge in [0.1, 0.15) is 5.75 Å². The molecule has 1 aromatic carbocycles. The molecule has 0 spiro atoms. The van der Waals surface area contributed by atoms with Crippen molar-refractivity contribution >= 4 is 0 Å². The van der Waals surface area contributed by atoms with Gasteiger partial charge in [-0.3, -0.25) is 4.68 Å². The van der Waals surface area contributed by atoms with Crippen molar-refractivity contribution in [1.82, 2.24) is 9.78 Å². The third-order valence-corrected chi connectivity index (χ3v) is 5.13. The highest BCUT2D eigenvalue weighted by Gasteiger charge is 2.25. The summed E-state index contributed by atoms with van der Waals surface area (Å²) in [7, 11) is 0. The SMILES string of the molecule is CCc1cc(O[C@H]2CC[C@H](c3ccn(C(C)C)n3)CC2)ccc1C#N. The minimum absolute atomic E-state index is 0.265. The Balaban J connectivity index is 1.58. The third-order valence-electron chi connectivity index (χ3n) is 5.13. The number of hydrogen-bond acceptors (Lipinski definition) is 3. The Morgan fingerprint density at radius 1 is 1.24 bits per heavy atom. The van der Waals surface area contributed by atoms with Crippen LogP contribution in [-0.4, -0.2) is 15.9 Å². The summed E-state index contributed by atoms with van der Waals surface area (Å²) in [4.78, 5) is 0. The molecule has 132 valence electrons. The van der Waals surface area contributed by atoms with Gasteiger partial charge < -0.3 is 4.74 Å². The molecular weight excluding hydrogens is 310 g/mol. The van der Waals surface area contributed by atoms with E-state index in [4.69, 9.17) is 15.1 Å². The van der Waals surface area contributed by atoms with Crippen molar-refractivity contribution in [2.75, 3.05) is 0 Å². The Morgan fingerprint density at radius 2 is 2.00 bits per heavy atom. The summed E-state index contributed by atoms with van der Waals surface area (Å²) in [5.74, 6) is 1.44. The topological polar surface area (TPSA) is 50.8 Å². The summed E-state index contributed by atoms with van der Waals surface area (Å²) in [6.45, 7) is 6.38. The molecule has 0 aliphatic heterocycles. The Hall–Kier alpha value is -2.28. The highest BCUT2D eigenvalue weighted by Crippen LogP contribution is 2.34. The maximum atomic E-state index is 9.14. The molecule has 1 aliphatic carbocycles. The minimum atomic E-state index is 0.265. The van der Waals surface area contributed by atoms with Crippen molar-refractivity contribution in [3.63, 3.8) is 0 Å². The molecule has 0 unspecified atom stereocenters. The lowest BCUT2D eigenvalue weighted by molar-refractivity contribution is 0.145. The zero-order valence-electron chi connectivity index (χ0n) is 15.4. The molecule has 1 aromatic heterocycles. The summed E-state index contributed by atoms with van der Waals surface area (Å²) in [5.41, 5.74) is 3.03. The number of rotatable bonds is 5. The Labute approximate surface area is 150 Å². The smallest absolute Gasteiger partial charge is 0.120 e. The molecule has 0 radical (unpaired) electrons. The first-order chi connectivity index (χ1) is 12.1. The third kappa shape index (κ3) is 4.04. The van der Waals surface area contributed by atoms with Crippen molar-refractivity contribution in [2.24, 2.45) is 0 Å². The summed E-state index contributed by atoms with van der Waals surface area (Å²) in [5, 5.41) is 13.9. The van der Waals surface area contributed by atoms with E-state index in [9.17, 15) is 0 Å². The Morgan fingerprint density at radius 3 is 2.60 bits per heavy atom. The molecule has 1 fully saturated rings. The molecule has 1 aliphatic rings. The highest BCUT2D eigenvalue weighted by atomic mass is 16.5. The minimum Gasteiger partial charge on any atom is -0.490 e. The maximum absolute atomic E-state index is 9.14. The fourth-order valence-corrected chi connectivity index (χ4v) is 3.57. The first-order valence-corrected chi connectivity index (χ1v) is 9.35. The molecule has 4 heteroatoms. The molecule has 0 bridgehead atoms. The molecular formula is C21H27N3O. The average Bonchev–Trinajstić information content (AvgIpc) is 3.12. The number of aromatic nitrogens is 2. The lowest BCUT2D eigenvalue weighted by Crippen LogP contribution is -2.23. The van der Waals surface area contributed by atoms with Crippen LogP contribution >= 0.6 is 0 Å². The molecule has 1 heterocycles. The number of nitrogens with zero attached hydrogens (tertiary/aromatic N) is 3. The predicted octanol–water partition coefficient (Wildman–Crippen LogP) is 5.00. The van der Waals surface area contributed by atoms with Crippen LogP contribution in [0.15, 0.2) is 30.5 Å². The van der Waals surface area contributed by atoms with E-state index in [1.54, 1.807) is 0 Å². The van der Waals surface area contributed by atoms with Gasteiger partial charge in [0.15, 0.2) is 0 Å². The predicted molar refractivity (Wildman–Crippen MR) is 98.8 cm³/mol. The normalized spacial score (nSPS) is 20.4. The second kappa shape index (κ2) is 7.74. The van der Waals surface area contributed by atoms with Gasteiger partial charge in [0, 0.05) is 18.2 Å². The zero-order chi connectivity index (χ0) is 17.8. The van der Waals surface area contributed by atoms with Crippen LogP contribution < -0.4 is 4.74 Å². The van der Waals surface area contributed by atoms with E-state index in [1.165, 1.54) is 5.69 Å². The van der Waals surface area contributed by atoms with Crippen LogP contribution in [0.3, 0.4) is 0 Å². The molecule has 0 atom stereocenters. The van der Waals surface area contributed by atoms with Crippen LogP contribution in [0.5, 0.6) is 5.75 Å². The van der Waals surface area contributed by atoms with E-state index in [-0.39, 0.29) is 6.10 Å². The van der Waals surface area contributed by atoms with E-state index < -0.39 is 0 Å². The van der Waals surface area contributed by atoms with Gasteiger partial charge in [0.05, 0.1) is 23.4 Å². The van der Waals surface area contributed by atoms with Crippen LogP contribution in [0, 0.1) is 11.3 Å². The number of aryl methyl sites for hydroxylation is 1.